The Bertz CT molecular complexity index is 1040. The average Bonchev–Trinajstić information content (AvgIpc) is 2.93. The molecule has 0 fully saturated rings. The van der Waals surface area contributed by atoms with Crippen LogP contribution in [0.15, 0.2) is 53.3 Å². The summed E-state index contributed by atoms with van der Waals surface area (Å²) in [5.74, 6) is 0. The Morgan fingerprint density at radius 3 is 2.50 bits per heavy atom. The van der Waals surface area contributed by atoms with Gasteiger partial charge in [0.05, 0.1) is 20.0 Å². The van der Waals surface area contributed by atoms with Gasteiger partial charge >= 0.3 is 0 Å². The zero-order valence-corrected chi connectivity index (χ0v) is 15.4. The highest BCUT2D eigenvalue weighted by atomic mass is 28.3. The maximum absolute atomic E-state index is 6.22. The molecule has 0 bridgehead atoms. The molecule has 3 nitrogen and oxygen atoms in total. The third-order valence-corrected chi connectivity index (χ3v) is 6.45. The molecule has 0 spiro atoms. The van der Waals surface area contributed by atoms with Crippen LogP contribution in [0, 0.1) is 6.92 Å². The molecule has 24 heavy (non-hydrogen) atoms. The smallest absolute Gasteiger partial charge is 0.153 e. The number of aromatic nitrogens is 2. The van der Waals surface area contributed by atoms with E-state index in [0.29, 0.717) is 0 Å². The lowest BCUT2D eigenvalue weighted by Gasteiger charge is -2.18. The molecule has 0 aliphatic rings. The number of hydrogen-bond donors (Lipinski definition) is 0. The number of benzene rings is 1. The van der Waals surface area contributed by atoms with E-state index in [-0.39, 0.29) is 0 Å². The fourth-order valence-corrected chi connectivity index (χ4v) is 4.77. The molecule has 3 aromatic heterocycles. The van der Waals surface area contributed by atoms with E-state index in [9.17, 15) is 0 Å². The third kappa shape index (κ3) is 2.34. The third-order valence-electron chi connectivity index (χ3n) is 4.42. The molecule has 0 N–H and O–H groups in total. The largest absolute Gasteiger partial charge is 0.454 e. The quantitative estimate of drug-likeness (QED) is 0.490. The highest BCUT2D eigenvalue weighted by molar-refractivity contribution is 6.90. The molecule has 0 aliphatic carbocycles. The van der Waals surface area contributed by atoms with Gasteiger partial charge in [0.1, 0.15) is 5.58 Å². The fourth-order valence-electron chi connectivity index (χ4n) is 3.19. The van der Waals surface area contributed by atoms with Gasteiger partial charge in [-0.15, -0.1) is 0 Å². The van der Waals surface area contributed by atoms with E-state index >= 15 is 0 Å². The molecule has 0 atom stereocenters. The van der Waals surface area contributed by atoms with Crippen molar-refractivity contribution in [1.29, 1.82) is 0 Å². The molecule has 0 unspecified atom stereocenters. The van der Waals surface area contributed by atoms with Gasteiger partial charge in [0.2, 0.25) is 0 Å². The second-order valence-electron chi connectivity index (χ2n) is 7.31. The molecule has 4 rings (SSSR count). The van der Waals surface area contributed by atoms with Crippen molar-refractivity contribution < 1.29 is 4.42 Å². The van der Waals surface area contributed by atoms with Crippen molar-refractivity contribution in [3.63, 3.8) is 0 Å². The van der Waals surface area contributed by atoms with E-state index in [1.807, 2.05) is 19.3 Å². The van der Waals surface area contributed by atoms with E-state index in [0.717, 1.165) is 33.4 Å². The Labute approximate surface area is 142 Å². The summed E-state index contributed by atoms with van der Waals surface area (Å²) < 4.78 is 6.22. The zero-order valence-electron chi connectivity index (χ0n) is 14.4. The van der Waals surface area contributed by atoms with Crippen LogP contribution in [-0.2, 0) is 0 Å². The summed E-state index contributed by atoms with van der Waals surface area (Å²) in [6.07, 6.45) is 5.54. The van der Waals surface area contributed by atoms with Gasteiger partial charge in [-0.1, -0.05) is 31.8 Å². The second kappa shape index (κ2) is 5.28. The standard InChI is InChI=1S/C20H20N2OSi/c1-13-5-7-16(22-11-13)14-6-8-18(24(2,3)4)19-15-9-10-21-12-17(15)23-20(14)19/h5-12H,1-4H3. The van der Waals surface area contributed by atoms with Gasteiger partial charge in [0.25, 0.3) is 0 Å². The molecule has 120 valence electrons. The van der Waals surface area contributed by atoms with Crippen molar-refractivity contribution in [2.75, 3.05) is 0 Å². The Balaban J connectivity index is 2.12. The minimum Gasteiger partial charge on any atom is -0.454 e. The lowest BCUT2D eigenvalue weighted by atomic mass is 10.1. The van der Waals surface area contributed by atoms with Gasteiger partial charge in [0, 0.05) is 28.7 Å². The van der Waals surface area contributed by atoms with Gasteiger partial charge < -0.3 is 4.42 Å². The summed E-state index contributed by atoms with van der Waals surface area (Å²) in [6.45, 7) is 9.15. The summed E-state index contributed by atoms with van der Waals surface area (Å²) in [5.41, 5.74) is 4.91. The predicted molar refractivity (Wildman–Crippen MR) is 102 cm³/mol. The first-order chi connectivity index (χ1) is 11.4. The van der Waals surface area contributed by atoms with Crippen LogP contribution in [0.25, 0.3) is 33.2 Å². The maximum Gasteiger partial charge on any atom is 0.153 e. The van der Waals surface area contributed by atoms with Crippen molar-refractivity contribution in [2.24, 2.45) is 0 Å². The molecular weight excluding hydrogens is 312 g/mol. The molecule has 0 radical (unpaired) electrons. The van der Waals surface area contributed by atoms with E-state index in [1.165, 1.54) is 10.6 Å². The summed E-state index contributed by atoms with van der Waals surface area (Å²) in [7, 11) is -1.51. The van der Waals surface area contributed by atoms with Crippen molar-refractivity contribution >= 4 is 35.2 Å². The monoisotopic (exact) mass is 332 g/mol. The van der Waals surface area contributed by atoms with Crippen molar-refractivity contribution in [3.8, 4) is 11.3 Å². The van der Waals surface area contributed by atoms with Gasteiger partial charge in [-0.2, -0.15) is 0 Å². The topological polar surface area (TPSA) is 38.9 Å². The Hall–Kier alpha value is -2.46. The minimum absolute atomic E-state index is 0.839. The maximum atomic E-state index is 6.22. The SMILES string of the molecule is Cc1ccc(-c2ccc([Si](C)(C)C)c3c2oc2cnccc23)nc1. The normalized spacial score (nSPS) is 12.2. The first kappa shape index (κ1) is 15.1. The van der Waals surface area contributed by atoms with Gasteiger partial charge in [0.15, 0.2) is 5.58 Å². The summed E-state index contributed by atoms with van der Waals surface area (Å²) in [4.78, 5) is 8.81. The number of pyridine rings is 2. The first-order valence-corrected chi connectivity index (χ1v) is 11.7. The van der Waals surface area contributed by atoms with Crippen molar-refractivity contribution in [3.05, 3.63) is 54.5 Å². The van der Waals surface area contributed by atoms with Crippen molar-refractivity contribution in [1.82, 2.24) is 9.97 Å². The van der Waals surface area contributed by atoms with E-state index < -0.39 is 8.07 Å². The lowest BCUT2D eigenvalue weighted by Crippen LogP contribution is -2.37. The number of fused-ring (bicyclic) bond motifs is 3. The molecule has 3 heterocycles. The Kier molecular flexibility index (Phi) is 3.32. The van der Waals surface area contributed by atoms with Crippen molar-refractivity contribution in [2.45, 2.75) is 26.6 Å². The number of furan rings is 1. The summed E-state index contributed by atoms with van der Waals surface area (Å²) in [5, 5.41) is 3.79. The molecule has 4 heteroatoms. The molecular formula is C20H20N2OSi. The van der Waals surface area contributed by atoms with Crippen LogP contribution in [0.2, 0.25) is 19.6 Å². The summed E-state index contributed by atoms with van der Waals surface area (Å²) in [6, 6.07) is 10.6. The van der Waals surface area contributed by atoms with Crippen LogP contribution >= 0.6 is 0 Å². The minimum atomic E-state index is -1.51. The Morgan fingerprint density at radius 1 is 0.958 bits per heavy atom. The highest BCUT2D eigenvalue weighted by Crippen LogP contribution is 2.34. The van der Waals surface area contributed by atoms with Crippen LogP contribution in [0.3, 0.4) is 0 Å². The predicted octanol–water partition coefficient (Wildman–Crippen LogP) is 4.90. The first-order valence-electron chi connectivity index (χ1n) is 8.18. The zero-order chi connectivity index (χ0) is 16.9. The number of nitrogens with zero attached hydrogens (tertiary/aromatic N) is 2. The van der Waals surface area contributed by atoms with Gasteiger partial charge in [-0.3, -0.25) is 9.97 Å². The molecule has 1 aromatic carbocycles. The number of aryl methyl sites for hydroxylation is 1. The second-order valence-corrected chi connectivity index (χ2v) is 12.3. The van der Waals surface area contributed by atoms with Crippen LogP contribution in [0.1, 0.15) is 5.56 Å². The lowest BCUT2D eigenvalue weighted by molar-refractivity contribution is 0.668. The van der Waals surface area contributed by atoms with Crippen LogP contribution in [0.5, 0.6) is 0 Å². The molecule has 4 aromatic rings. The van der Waals surface area contributed by atoms with E-state index in [2.05, 4.69) is 59.9 Å². The molecule has 0 saturated heterocycles. The molecule has 0 aliphatic heterocycles. The molecule has 0 saturated carbocycles. The van der Waals surface area contributed by atoms with Crippen LogP contribution < -0.4 is 5.19 Å². The van der Waals surface area contributed by atoms with Crippen LogP contribution in [-0.4, -0.2) is 18.0 Å². The highest BCUT2D eigenvalue weighted by Gasteiger charge is 2.24. The number of hydrogen-bond acceptors (Lipinski definition) is 3. The Morgan fingerprint density at radius 2 is 1.79 bits per heavy atom. The van der Waals surface area contributed by atoms with E-state index in [1.54, 1.807) is 6.20 Å². The van der Waals surface area contributed by atoms with Gasteiger partial charge in [-0.25, -0.2) is 0 Å². The van der Waals surface area contributed by atoms with Gasteiger partial charge in [-0.05, 0) is 35.9 Å². The summed E-state index contributed by atoms with van der Waals surface area (Å²) >= 11 is 0. The average molecular weight is 332 g/mol. The fraction of sp³-hybridized carbons (Fsp3) is 0.200. The number of rotatable bonds is 2. The molecule has 0 amide bonds. The van der Waals surface area contributed by atoms with Crippen LogP contribution in [0.4, 0.5) is 0 Å². The van der Waals surface area contributed by atoms with E-state index in [4.69, 9.17) is 4.42 Å².